The van der Waals surface area contributed by atoms with E-state index >= 15 is 0 Å². The zero-order chi connectivity index (χ0) is 16.8. The molecule has 2 N–H and O–H groups in total. The number of nitrogens with zero attached hydrogens (tertiary/aromatic N) is 2. The first-order valence-electron chi connectivity index (χ1n) is 7.71. The summed E-state index contributed by atoms with van der Waals surface area (Å²) in [5, 5.41) is 4.19. The summed E-state index contributed by atoms with van der Waals surface area (Å²) in [5.74, 6) is -0.276. The molecular weight excluding hydrogens is 292 g/mol. The number of benzene rings is 1. The highest BCUT2D eigenvalue weighted by Crippen LogP contribution is 2.17. The average Bonchev–Trinajstić information content (AvgIpc) is 2.50. The molecule has 1 aromatic carbocycles. The van der Waals surface area contributed by atoms with Crippen molar-refractivity contribution in [1.29, 1.82) is 0 Å². The third-order valence-electron chi connectivity index (χ3n) is 3.58. The Labute approximate surface area is 137 Å². The summed E-state index contributed by atoms with van der Waals surface area (Å²) in [6.07, 6.45) is 2.15. The molecule has 0 radical (unpaired) electrons. The van der Waals surface area contributed by atoms with Crippen LogP contribution in [0.4, 0.5) is 0 Å². The van der Waals surface area contributed by atoms with E-state index in [4.69, 9.17) is 0 Å². The molecule has 0 saturated heterocycles. The molecule has 0 unspecified atom stereocenters. The van der Waals surface area contributed by atoms with Gasteiger partial charge in [0.05, 0.1) is 5.70 Å². The maximum absolute atomic E-state index is 12.0. The Bertz CT molecular complexity index is 593. The summed E-state index contributed by atoms with van der Waals surface area (Å²) in [6.45, 7) is 3.37. The largest absolute Gasteiger partial charge is 0.353 e. The molecule has 0 aromatic heterocycles. The van der Waals surface area contributed by atoms with Crippen LogP contribution in [0.25, 0.3) is 5.70 Å². The number of likely N-dealkylation sites (N-methyl/N-ethyl adjacent to an activating group) is 1. The van der Waals surface area contributed by atoms with Crippen LogP contribution >= 0.6 is 0 Å². The molecule has 1 aliphatic rings. The van der Waals surface area contributed by atoms with Crippen molar-refractivity contribution < 1.29 is 9.59 Å². The standard InChI is InChI=1S/C17H24N4O2/c1-13-4-6-14(7-5-13)15-8-9-17(23)21(19-15)12-16(22)18-10-11-20(2)3/h4-8,19H,9-12H2,1-3H3,(H,18,22). The van der Waals surface area contributed by atoms with Gasteiger partial charge in [-0.15, -0.1) is 0 Å². The van der Waals surface area contributed by atoms with Gasteiger partial charge in [-0.2, -0.15) is 0 Å². The monoisotopic (exact) mass is 316 g/mol. The van der Waals surface area contributed by atoms with E-state index in [1.807, 2.05) is 56.3 Å². The Morgan fingerprint density at radius 2 is 2.00 bits per heavy atom. The second-order valence-electron chi connectivity index (χ2n) is 5.93. The Morgan fingerprint density at radius 1 is 1.30 bits per heavy atom. The van der Waals surface area contributed by atoms with Crippen LogP contribution in [0.5, 0.6) is 0 Å². The van der Waals surface area contributed by atoms with Crippen molar-refractivity contribution in [2.24, 2.45) is 0 Å². The van der Waals surface area contributed by atoms with Gasteiger partial charge < -0.3 is 10.2 Å². The van der Waals surface area contributed by atoms with Crippen molar-refractivity contribution >= 4 is 17.5 Å². The molecule has 6 nitrogen and oxygen atoms in total. The molecule has 2 amide bonds. The lowest BCUT2D eigenvalue weighted by Crippen LogP contribution is -2.49. The SMILES string of the molecule is Cc1ccc(C2=CCC(=O)N(CC(=O)NCCN(C)C)N2)cc1. The molecule has 1 aromatic rings. The van der Waals surface area contributed by atoms with E-state index in [0.29, 0.717) is 13.0 Å². The van der Waals surface area contributed by atoms with Crippen LogP contribution in [0.1, 0.15) is 17.5 Å². The van der Waals surface area contributed by atoms with E-state index in [0.717, 1.165) is 17.8 Å². The third-order valence-corrected chi connectivity index (χ3v) is 3.58. The Morgan fingerprint density at radius 3 is 2.65 bits per heavy atom. The Hall–Kier alpha value is -2.34. The van der Waals surface area contributed by atoms with Crippen molar-refractivity contribution in [2.75, 3.05) is 33.7 Å². The number of nitrogens with one attached hydrogen (secondary N) is 2. The minimum atomic E-state index is -0.169. The van der Waals surface area contributed by atoms with E-state index in [1.165, 1.54) is 10.6 Å². The van der Waals surface area contributed by atoms with E-state index in [2.05, 4.69) is 10.7 Å². The van der Waals surface area contributed by atoms with E-state index in [1.54, 1.807) is 0 Å². The summed E-state index contributed by atoms with van der Waals surface area (Å²) in [7, 11) is 3.89. The average molecular weight is 316 g/mol. The highest BCUT2D eigenvalue weighted by Gasteiger charge is 2.21. The van der Waals surface area contributed by atoms with Crippen LogP contribution < -0.4 is 10.7 Å². The van der Waals surface area contributed by atoms with Gasteiger partial charge in [-0.05, 0) is 32.7 Å². The normalized spacial score (nSPS) is 14.5. The molecule has 0 spiro atoms. The van der Waals surface area contributed by atoms with Crippen LogP contribution in [0.2, 0.25) is 0 Å². The van der Waals surface area contributed by atoms with Gasteiger partial charge in [0, 0.05) is 19.5 Å². The molecule has 1 heterocycles. The Kier molecular flexibility index (Phi) is 5.76. The number of carbonyl (C=O) groups is 2. The lowest BCUT2D eigenvalue weighted by atomic mass is 10.1. The fourth-order valence-electron chi connectivity index (χ4n) is 2.21. The lowest BCUT2D eigenvalue weighted by Gasteiger charge is -2.29. The summed E-state index contributed by atoms with van der Waals surface area (Å²) >= 11 is 0. The molecule has 0 saturated carbocycles. The lowest BCUT2D eigenvalue weighted by molar-refractivity contribution is -0.137. The van der Waals surface area contributed by atoms with Crippen LogP contribution in [0.3, 0.4) is 0 Å². The number of aryl methyl sites for hydroxylation is 1. The van der Waals surface area contributed by atoms with Gasteiger partial charge in [0.25, 0.3) is 0 Å². The van der Waals surface area contributed by atoms with Crippen LogP contribution in [-0.2, 0) is 9.59 Å². The minimum Gasteiger partial charge on any atom is -0.353 e. The van der Waals surface area contributed by atoms with Gasteiger partial charge >= 0.3 is 0 Å². The highest BCUT2D eigenvalue weighted by atomic mass is 16.2. The predicted octanol–water partition coefficient (Wildman–Crippen LogP) is 0.751. The van der Waals surface area contributed by atoms with Crippen molar-refractivity contribution in [2.45, 2.75) is 13.3 Å². The third kappa shape index (κ3) is 5.10. The van der Waals surface area contributed by atoms with Gasteiger partial charge in [-0.25, -0.2) is 5.01 Å². The van der Waals surface area contributed by atoms with Gasteiger partial charge in [-0.1, -0.05) is 29.8 Å². The number of rotatable bonds is 6. The first-order chi connectivity index (χ1) is 11.0. The quantitative estimate of drug-likeness (QED) is 0.813. The molecule has 2 rings (SSSR count). The number of amides is 2. The molecule has 23 heavy (non-hydrogen) atoms. The first kappa shape index (κ1) is 17.0. The van der Waals surface area contributed by atoms with Crippen molar-refractivity contribution in [1.82, 2.24) is 20.7 Å². The smallest absolute Gasteiger partial charge is 0.245 e. The molecule has 0 bridgehead atoms. The fraction of sp³-hybridized carbons (Fsp3) is 0.412. The van der Waals surface area contributed by atoms with Crippen molar-refractivity contribution in [3.05, 3.63) is 41.5 Å². The zero-order valence-corrected chi connectivity index (χ0v) is 13.9. The second kappa shape index (κ2) is 7.78. The molecule has 124 valence electrons. The molecule has 0 fully saturated rings. The Balaban J connectivity index is 1.93. The molecule has 0 atom stereocenters. The number of hydrogen-bond donors (Lipinski definition) is 2. The molecule has 6 heteroatoms. The molecular formula is C17H24N4O2. The number of hydrogen-bond acceptors (Lipinski definition) is 4. The number of hydrazine groups is 1. The highest BCUT2D eigenvalue weighted by molar-refractivity contribution is 5.88. The maximum Gasteiger partial charge on any atom is 0.245 e. The fourth-order valence-corrected chi connectivity index (χ4v) is 2.21. The van der Waals surface area contributed by atoms with Gasteiger partial charge in [0.1, 0.15) is 6.54 Å². The van der Waals surface area contributed by atoms with Crippen LogP contribution in [-0.4, -0.2) is 55.5 Å². The zero-order valence-electron chi connectivity index (χ0n) is 13.9. The van der Waals surface area contributed by atoms with E-state index in [-0.39, 0.29) is 18.4 Å². The second-order valence-corrected chi connectivity index (χ2v) is 5.93. The number of carbonyl (C=O) groups excluding carboxylic acids is 2. The van der Waals surface area contributed by atoms with E-state index < -0.39 is 0 Å². The molecule has 0 aliphatic carbocycles. The van der Waals surface area contributed by atoms with Gasteiger partial charge in [0.15, 0.2) is 0 Å². The van der Waals surface area contributed by atoms with Crippen molar-refractivity contribution in [3.8, 4) is 0 Å². The van der Waals surface area contributed by atoms with E-state index in [9.17, 15) is 9.59 Å². The minimum absolute atomic E-state index is 0.00939. The first-order valence-corrected chi connectivity index (χ1v) is 7.71. The topological polar surface area (TPSA) is 64.7 Å². The van der Waals surface area contributed by atoms with Crippen LogP contribution in [0.15, 0.2) is 30.3 Å². The van der Waals surface area contributed by atoms with Crippen molar-refractivity contribution in [3.63, 3.8) is 0 Å². The predicted molar refractivity (Wildman–Crippen MR) is 90.2 cm³/mol. The summed E-state index contributed by atoms with van der Waals surface area (Å²) < 4.78 is 0. The summed E-state index contributed by atoms with van der Waals surface area (Å²) in [6, 6.07) is 8.04. The van der Waals surface area contributed by atoms with Gasteiger partial charge in [-0.3, -0.25) is 15.0 Å². The summed E-state index contributed by atoms with van der Waals surface area (Å²) in [4.78, 5) is 25.9. The maximum atomic E-state index is 12.0. The summed E-state index contributed by atoms with van der Waals surface area (Å²) in [5.41, 5.74) is 6.08. The van der Waals surface area contributed by atoms with Crippen LogP contribution in [0, 0.1) is 6.92 Å². The molecule has 1 aliphatic heterocycles. The van der Waals surface area contributed by atoms with Gasteiger partial charge in [0.2, 0.25) is 11.8 Å².